The van der Waals surface area contributed by atoms with E-state index in [1.807, 2.05) is 43.7 Å². The van der Waals surface area contributed by atoms with E-state index in [1.165, 1.54) is 0 Å². The van der Waals surface area contributed by atoms with Crippen LogP contribution >= 0.6 is 11.6 Å². The Morgan fingerprint density at radius 1 is 1.12 bits per heavy atom. The minimum Gasteiger partial charge on any atom is -0.495 e. The van der Waals surface area contributed by atoms with Crippen LogP contribution in [0.2, 0.25) is 5.02 Å². The van der Waals surface area contributed by atoms with Crippen LogP contribution < -0.4 is 10.1 Å². The third kappa shape index (κ3) is 3.58. The third-order valence-electron chi connectivity index (χ3n) is 4.11. The molecule has 0 aliphatic rings. The molecule has 0 radical (unpaired) electrons. The van der Waals surface area contributed by atoms with Crippen LogP contribution in [0.3, 0.4) is 0 Å². The molecule has 0 fully saturated rings. The van der Waals surface area contributed by atoms with Gasteiger partial charge >= 0.3 is 0 Å². The molecule has 0 spiro atoms. The Bertz CT molecular complexity index is 962. The average molecular weight is 370 g/mol. The van der Waals surface area contributed by atoms with E-state index in [2.05, 4.69) is 10.4 Å². The Hall–Kier alpha value is -2.79. The number of anilines is 1. The van der Waals surface area contributed by atoms with Gasteiger partial charge in [-0.05, 0) is 62.7 Å². The van der Waals surface area contributed by atoms with Crippen LogP contribution in [-0.4, -0.2) is 22.8 Å². The van der Waals surface area contributed by atoms with Gasteiger partial charge in [-0.15, -0.1) is 0 Å². The highest BCUT2D eigenvalue weighted by molar-refractivity contribution is 6.31. The summed E-state index contributed by atoms with van der Waals surface area (Å²) in [7, 11) is 1.54. The maximum atomic E-state index is 12.6. The van der Waals surface area contributed by atoms with Crippen LogP contribution in [0, 0.1) is 20.8 Å². The Morgan fingerprint density at radius 2 is 1.81 bits per heavy atom. The number of nitrogens with zero attached hydrogens (tertiary/aromatic N) is 2. The third-order valence-corrected chi connectivity index (χ3v) is 4.52. The maximum Gasteiger partial charge on any atom is 0.255 e. The van der Waals surface area contributed by atoms with Gasteiger partial charge < -0.3 is 10.1 Å². The number of carbonyl (C=O) groups excluding carboxylic acids is 1. The summed E-state index contributed by atoms with van der Waals surface area (Å²) in [6.45, 7) is 5.82. The number of methoxy groups -OCH3 is 1. The van der Waals surface area contributed by atoms with Crippen molar-refractivity contribution in [2.75, 3.05) is 12.4 Å². The van der Waals surface area contributed by atoms with Gasteiger partial charge in [-0.2, -0.15) is 5.10 Å². The lowest BCUT2D eigenvalue weighted by molar-refractivity contribution is 0.102. The Labute approximate surface area is 157 Å². The minimum atomic E-state index is -0.218. The number of aryl methyl sites for hydroxylation is 3. The highest BCUT2D eigenvalue weighted by atomic mass is 35.5. The van der Waals surface area contributed by atoms with Gasteiger partial charge in [-0.3, -0.25) is 4.79 Å². The predicted molar refractivity (Wildman–Crippen MR) is 104 cm³/mol. The predicted octanol–water partition coefficient (Wildman–Crippen LogP) is 4.71. The number of benzene rings is 2. The summed E-state index contributed by atoms with van der Waals surface area (Å²) in [5.41, 5.74) is 4.90. The number of aromatic nitrogens is 2. The van der Waals surface area contributed by atoms with E-state index in [9.17, 15) is 4.79 Å². The van der Waals surface area contributed by atoms with Gasteiger partial charge in [-0.1, -0.05) is 11.6 Å². The first-order valence-corrected chi connectivity index (χ1v) is 8.56. The number of halogens is 1. The van der Waals surface area contributed by atoms with Crippen molar-refractivity contribution >= 4 is 23.2 Å². The molecule has 1 N–H and O–H groups in total. The van der Waals surface area contributed by atoms with E-state index >= 15 is 0 Å². The van der Waals surface area contributed by atoms with Gasteiger partial charge in [0, 0.05) is 22.3 Å². The second kappa shape index (κ2) is 7.22. The molecule has 26 heavy (non-hydrogen) atoms. The molecule has 0 saturated heterocycles. The highest BCUT2D eigenvalue weighted by Crippen LogP contribution is 2.31. The summed E-state index contributed by atoms with van der Waals surface area (Å²) >= 11 is 6.11. The molecule has 0 saturated carbocycles. The lowest BCUT2D eigenvalue weighted by atomic mass is 10.1. The molecule has 134 valence electrons. The molecule has 0 aliphatic heterocycles. The van der Waals surface area contributed by atoms with Gasteiger partial charge in [0.25, 0.3) is 5.91 Å². The van der Waals surface area contributed by atoms with Crippen molar-refractivity contribution in [1.29, 1.82) is 0 Å². The topological polar surface area (TPSA) is 56.1 Å². The Morgan fingerprint density at radius 3 is 2.38 bits per heavy atom. The highest BCUT2D eigenvalue weighted by Gasteiger charge is 2.12. The van der Waals surface area contributed by atoms with Crippen LogP contribution in [0.25, 0.3) is 5.69 Å². The van der Waals surface area contributed by atoms with Crippen LogP contribution in [0.4, 0.5) is 5.69 Å². The molecule has 6 heteroatoms. The van der Waals surface area contributed by atoms with Gasteiger partial charge in [0.1, 0.15) is 5.75 Å². The molecular formula is C20H20ClN3O2. The molecule has 0 unspecified atom stereocenters. The quantitative estimate of drug-likeness (QED) is 0.724. The molecule has 3 rings (SSSR count). The number of carbonyl (C=O) groups is 1. The first-order valence-electron chi connectivity index (χ1n) is 8.18. The number of hydrogen-bond donors (Lipinski definition) is 1. The van der Waals surface area contributed by atoms with Gasteiger partial charge in [0.2, 0.25) is 0 Å². The van der Waals surface area contributed by atoms with Crippen molar-refractivity contribution < 1.29 is 9.53 Å². The van der Waals surface area contributed by atoms with Crippen LogP contribution in [-0.2, 0) is 0 Å². The number of nitrogens with one attached hydrogen (secondary N) is 1. The van der Waals surface area contributed by atoms with E-state index in [1.54, 1.807) is 31.4 Å². The first kappa shape index (κ1) is 18.0. The van der Waals surface area contributed by atoms with E-state index in [0.717, 1.165) is 22.6 Å². The van der Waals surface area contributed by atoms with Crippen molar-refractivity contribution in [3.8, 4) is 11.4 Å². The monoisotopic (exact) mass is 369 g/mol. The lowest BCUT2D eigenvalue weighted by Gasteiger charge is -2.12. The second-order valence-corrected chi connectivity index (χ2v) is 6.55. The summed E-state index contributed by atoms with van der Waals surface area (Å²) in [5, 5.41) is 7.92. The number of ether oxygens (including phenoxy) is 1. The fourth-order valence-corrected chi connectivity index (χ4v) is 2.92. The zero-order valence-corrected chi connectivity index (χ0v) is 15.9. The number of amides is 1. The van der Waals surface area contributed by atoms with Crippen molar-refractivity contribution in [2.45, 2.75) is 20.8 Å². The zero-order chi connectivity index (χ0) is 18.8. The van der Waals surface area contributed by atoms with E-state index < -0.39 is 0 Å². The minimum absolute atomic E-state index is 0.218. The lowest BCUT2D eigenvalue weighted by Crippen LogP contribution is -2.13. The summed E-state index contributed by atoms with van der Waals surface area (Å²) < 4.78 is 7.15. The molecule has 1 heterocycles. The van der Waals surface area contributed by atoms with Crippen LogP contribution in [0.5, 0.6) is 5.75 Å². The average Bonchev–Trinajstić information content (AvgIpc) is 2.96. The van der Waals surface area contributed by atoms with Crippen molar-refractivity contribution in [3.63, 3.8) is 0 Å². The molecule has 2 aromatic carbocycles. The molecule has 0 atom stereocenters. The molecule has 0 aliphatic carbocycles. The van der Waals surface area contributed by atoms with E-state index in [0.29, 0.717) is 22.0 Å². The van der Waals surface area contributed by atoms with Gasteiger partial charge in [0.05, 0.1) is 24.2 Å². The molecule has 1 amide bonds. The van der Waals surface area contributed by atoms with Crippen molar-refractivity contribution in [1.82, 2.24) is 9.78 Å². The SMILES string of the molecule is COc1cc(Cl)c(C)cc1NC(=O)c1ccc(-n2nc(C)cc2C)cc1. The van der Waals surface area contributed by atoms with Gasteiger partial charge in [-0.25, -0.2) is 4.68 Å². The van der Waals surface area contributed by atoms with Gasteiger partial charge in [0.15, 0.2) is 0 Å². The summed E-state index contributed by atoms with van der Waals surface area (Å²) in [4.78, 5) is 12.6. The fraction of sp³-hybridized carbons (Fsp3) is 0.200. The standard InChI is InChI=1S/C20H20ClN3O2/c1-12-9-18(19(26-4)11-17(12)21)22-20(25)15-5-7-16(8-6-15)24-14(3)10-13(2)23-24/h5-11H,1-4H3,(H,22,25). The zero-order valence-electron chi connectivity index (χ0n) is 15.1. The van der Waals surface area contributed by atoms with Crippen molar-refractivity contribution in [3.05, 3.63) is 70.0 Å². The fourth-order valence-electron chi connectivity index (χ4n) is 2.77. The molecule has 5 nitrogen and oxygen atoms in total. The molecule has 0 bridgehead atoms. The largest absolute Gasteiger partial charge is 0.495 e. The van der Waals surface area contributed by atoms with Crippen LogP contribution in [0.15, 0.2) is 42.5 Å². The van der Waals surface area contributed by atoms with Crippen LogP contribution in [0.1, 0.15) is 27.3 Å². The van der Waals surface area contributed by atoms with E-state index in [4.69, 9.17) is 16.3 Å². The molecule has 1 aromatic heterocycles. The summed E-state index contributed by atoms with van der Waals surface area (Å²) in [6, 6.07) is 12.8. The first-order chi connectivity index (χ1) is 12.4. The summed E-state index contributed by atoms with van der Waals surface area (Å²) in [5.74, 6) is 0.304. The normalized spacial score (nSPS) is 10.7. The second-order valence-electron chi connectivity index (χ2n) is 6.14. The van der Waals surface area contributed by atoms with E-state index in [-0.39, 0.29) is 5.91 Å². The maximum absolute atomic E-state index is 12.6. The Balaban J connectivity index is 1.83. The summed E-state index contributed by atoms with van der Waals surface area (Å²) in [6.07, 6.45) is 0. The number of rotatable bonds is 4. The Kier molecular flexibility index (Phi) is 5.00. The number of hydrogen-bond acceptors (Lipinski definition) is 3. The van der Waals surface area contributed by atoms with Crippen molar-refractivity contribution in [2.24, 2.45) is 0 Å². The molecule has 3 aromatic rings. The molecular weight excluding hydrogens is 350 g/mol. The smallest absolute Gasteiger partial charge is 0.255 e.